The number of rotatable bonds is 9. The number of amides is 1. The van der Waals surface area contributed by atoms with Crippen LogP contribution in [-0.4, -0.2) is 60.0 Å². The van der Waals surface area contributed by atoms with E-state index in [9.17, 15) is 14.7 Å². The van der Waals surface area contributed by atoms with Gasteiger partial charge in [-0.3, -0.25) is 4.79 Å². The second kappa shape index (κ2) is 13.1. The van der Waals surface area contributed by atoms with Crippen molar-refractivity contribution >= 4 is 17.4 Å². The quantitative estimate of drug-likeness (QED) is 0.478. The first kappa shape index (κ1) is 28.0. The van der Waals surface area contributed by atoms with Gasteiger partial charge in [-0.25, -0.2) is 9.78 Å². The van der Waals surface area contributed by atoms with Gasteiger partial charge in [0, 0.05) is 18.9 Å². The summed E-state index contributed by atoms with van der Waals surface area (Å²) in [5.74, 6) is -0.948. The van der Waals surface area contributed by atoms with Crippen LogP contribution < -0.4 is 14.8 Å². The Morgan fingerprint density at radius 2 is 1.97 bits per heavy atom. The molecular weight excluding hydrogens is 476 g/mol. The number of carbonyl (C=O) groups is 2. The van der Waals surface area contributed by atoms with E-state index >= 15 is 0 Å². The van der Waals surface area contributed by atoms with Gasteiger partial charge in [0.15, 0.2) is 23.3 Å². The van der Waals surface area contributed by atoms with E-state index in [1.54, 1.807) is 6.92 Å². The number of nitrogens with zero attached hydrogens (tertiary/aromatic N) is 1. The summed E-state index contributed by atoms with van der Waals surface area (Å²) in [5, 5.41) is 12.9. The summed E-state index contributed by atoms with van der Waals surface area (Å²) in [4.78, 5) is 29.9. The molecule has 2 aromatic rings. The molecule has 4 unspecified atom stereocenters. The molecular formula is C28H36N2O7. The van der Waals surface area contributed by atoms with Crippen LogP contribution >= 0.6 is 0 Å². The normalized spacial score (nSPS) is 22.1. The Bertz CT molecular complexity index is 1090. The molecule has 0 spiro atoms. The van der Waals surface area contributed by atoms with Gasteiger partial charge < -0.3 is 29.4 Å². The van der Waals surface area contributed by atoms with Crippen LogP contribution in [0.4, 0.5) is 0 Å². The molecule has 2 heterocycles. The SMILES string of the molecule is C=C(C)c1ccc(OC2C(C)OC(=O)C(NC(=O)c3nccc(OC)c3O)CCCC2OCCC)cc1. The predicted molar refractivity (Wildman–Crippen MR) is 139 cm³/mol. The standard InChI is InChI=1S/C28H36N2O7/c1-6-16-35-23-9-7-8-21(30-27(32)24-25(31)22(34-5)14-15-29-24)28(33)36-18(4)26(23)37-20-12-10-19(11-13-20)17(2)3/h10-15,18,21,23,26,31H,2,6-9,16H2,1,3-5H3,(H,30,32). The third kappa shape index (κ3) is 7.22. The maximum atomic E-state index is 13.1. The van der Waals surface area contributed by atoms with E-state index in [4.69, 9.17) is 18.9 Å². The second-order valence-electron chi connectivity index (χ2n) is 9.11. The van der Waals surface area contributed by atoms with E-state index in [1.807, 2.05) is 38.1 Å². The van der Waals surface area contributed by atoms with Gasteiger partial charge in [-0.05, 0) is 57.2 Å². The van der Waals surface area contributed by atoms with Crippen molar-refractivity contribution in [1.29, 1.82) is 0 Å². The lowest BCUT2D eigenvalue weighted by Crippen LogP contribution is -2.46. The van der Waals surface area contributed by atoms with Crippen LogP contribution in [0.3, 0.4) is 0 Å². The van der Waals surface area contributed by atoms with Crippen molar-refractivity contribution in [2.24, 2.45) is 0 Å². The first-order valence-electron chi connectivity index (χ1n) is 12.5. The molecule has 0 saturated carbocycles. The largest absolute Gasteiger partial charge is 0.503 e. The van der Waals surface area contributed by atoms with Crippen molar-refractivity contribution in [3.8, 4) is 17.2 Å². The number of hydrogen-bond acceptors (Lipinski definition) is 8. The van der Waals surface area contributed by atoms with Crippen molar-refractivity contribution in [2.45, 2.75) is 70.8 Å². The van der Waals surface area contributed by atoms with E-state index in [0.29, 0.717) is 31.6 Å². The topological polar surface area (TPSA) is 116 Å². The van der Waals surface area contributed by atoms with Crippen LogP contribution in [0.1, 0.15) is 62.5 Å². The molecule has 1 aromatic heterocycles. The fourth-order valence-corrected chi connectivity index (χ4v) is 4.16. The van der Waals surface area contributed by atoms with E-state index in [1.165, 1.54) is 19.4 Å². The number of carbonyl (C=O) groups excluding carboxylic acids is 2. The summed E-state index contributed by atoms with van der Waals surface area (Å²) in [7, 11) is 1.37. The Labute approximate surface area is 217 Å². The van der Waals surface area contributed by atoms with Crippen molar-refractivity contribution in [3.63, 3.8) is 0 Å². The molecule has 1 fully saturated rings. The minimum atomic E-state index is -0.928. The van der Waals surface area contributed by atoms with E-state index in [-0.39, 0.29) is 17.5 Å². The van der Waals surface area contributed by atoms with Gasteiger partial charge >= 0.3 is 5.97 Å². The molecule has 2 N–H and O–H groups in total. The van der Waals surface area contributed by atoms with Gasteiger partial charge in [0.1, 0.15) is 17.9 Å². The summed E-state index contributed by atoms with van der Waals surface area (Å²) >= 11 is 0. The lowest BCUT2D eigenvalue weighted by molar-refractivity contribution is -0.159. The van der Waals surface area contributed by atoms with Gasteiger partial charge in [0.25, 0.3) is 5.91 Å². The minimum absolute atomic E-state index is 0.109. The smallest absolute Gasteiger partial charge is 0.329 e. The number of aromatic nitrogens is 1. The molecule has 200 valence electrons. The molecule has 1 amide bonds. The Kier molecular flexibility index (Phi) is 9.91. The first-order valence-corrected chi connectivity index (χ1v) is 12.5. The summed E-state index contributed by atoms with van der Waals surface area (Å²) in [6, 6.07) is 8.09. The lowest BCUT2D eigenvalue weighted by Gasteiger charge is -2.31. The van der Waals surface area contributed by atoms with Crippen LogP contribution in [-0.2, 0) is 14.3 Å². The fraction of sp³-hybridized carbons (Fsp3) is 0.464. The zero-order valence-electron chi connectivity index (χ0n) is 21.9. The lowest BCUT2D eigenvalue weighted by atomic mass is 10.0. The van der Waals surface area contributed by atoms with Crippen LogP contribution in [0.25, 0.3) is 5.57 Å². The van der Waals surface area contributed by atoms with E-state index in [2.05, 4.69) is 16.9 Å². The van der Waals surface area contributed by atoms with Crippen LogP contribution in [0, 0.1) is 0 Å². The van der Waals surface area contributed by atoms with Gasteiger partial charge in [-0.15, -0.1) is 0 Å². The maximum absolute atomic E-state index is 13.1. The highest BCUT2D eigenvalue weighted by atomic mass is 16.6. The highest BCUT2D eigenvalue weighted by molar-refractivity contribution is 5.97. The molecule has 9 nitrogen and oxygen atoms in total. The third-order valence-corrected chi connectivity index (χ3v) is 6.18. The molecule has 37 heavy (non-hydrogen) atoms. The van der Waals surface area contributed by atoms with Crippen LogP contribution in [0.15, 0.2) is 43.1 Å². The molecule has 0 radical (unpaired) electrons. The number of esters is 1. The second-order valence-corrected chi connectivity index (χ2v) is 9.11. The van der Waals surface area contributed by atoms with Gasteiger partial charge in [-0.2, -0.15) is 0 Å². The molecule has 1 aliphatic rings. The average Bonchev–Trinajstić information content (AvgIpc) is 2.93. The van der Waals surface area contributed by atoms with E-state index < -0.39 is 35.9 Å². The number of hydrogen-bond donors (Lipinski definition) is 2. The molecule has 1 aromatic carbocycles. The molecule has 0 bridgehead atoms. The molecule has 3 rings (SSSR count). The minimum Gasteiger partial charge on any atom is -0.503 e. The Balaban J connectivity index is 1.78. The number of ether oxygens (including phenoxy) is 4. The molecule has 1 saturated heterocycles. The van der Waals surface area contributed by atoms with E-state index in [0.717, 1.165) is 17.6 Å². The Hall–Kier alpha value is -3.59. The highest BCUT2D eigenvalue weighted by Crippen LogP contribution is 2.28. The number of methoxy groups -OCH3 is 1. The summed E-state index contributed by atoms with van der Waals surface area (Å²) < 4.78 is 23.2. The number of cyclic esters (lactones) is 1. The zero-order valence-corrected chi connectivity index (χ0v) is 21.9. The van der Waals surface area contributed by atoms with Crippen molar-refractivity contribution in [1.82, 2.24) is 10.3 Å². The monoisotopic (exact) mass is 512 g/mol. The van der Waals surface area contributed by atoms with Crippen molar-refractivity contribution < 1.29 is 33.6 Å². The van der Waals surface area contributed by atoms with Crippen molar-refractivity contribution in [2.75, 3.05) is 13.7 Å². The molecule has 0 aliphatic carbocycles. The number of pyridine rings is 1. The molecule has 1 aliphatic heterocycles. The zero-order chi connectivity index (χ0) is 26.9. The van der Waals surface area contributed by atoms with Gasteiger partial charge in [0.2, 0.25) is 0 Å². The summed E-state index contributed by atoms with van der Waals surface area (Å²) in [6.07, 6.45) is 2.16. The molecule has 9 heteroatoms. The fourth-order valence-electron chi connectivity index (χ4n) is 4.16. The molecule has 4 atom stereocenters. The maximum Gasteiger partial charge on any atom is 0.329 e. The first-order chi connectivity index (χ1) is 17.7. The van der Waals surface area contributed by atoms with Crippen LogP contribution in [0.5, 0.6) is 17.2 Å². The third-order valence-electron chi connectivity index (χ3n) is 6.18. The Morgan fingerprint density at radius 1 is 1.24 bits per heavy atom. The average molecular weight is 513 g/mol. The number of allylic oxidation sites excluding steroid dienone is 1. The van der Waals surface area contributed by atoms with Gasteiger partial charge in [-0.1, -0.05) is 31.2 Å². The van der Waals surface area contributed by atoms with Crippen molar-refractivity contribution in [3.05, 3.63) is 54.4 Å². The van der Waals surface area contributed by atoms with Crippen LogP contribution in [0.2, 0.25) is 0 Å². The Morgan fingerprint density at radius 3 is 2.62 bits per heavy atom. The summed E-state index contributed by atoms with van der Waals surface area (Å²) in [6.45, 7) is 10.2. The summed E-state index contributed by atoms with van der Waals surface area (Å²) in [5.41, 5.74) is 1.73. The van der Waals surface area contributed by atoms with Gasteiger partial charge in [0.05, 0.1) is 13.2 Å². The number of aromatic hydroxyl groups is 1. The highest BCUT2D eigenvalue weighted by Gasteiger charge is 2.36. The number of nitrogens with one attached hydrogen (secondary N) is 1. The predicted octanol–water partition coefficient (Wildman–Crippen LogP) is 4.29. The number of benzene rings is 1.